The number of hydrogen-bond acceptors (Lipinski definition) is 3. The number of benzene rings is 2. The predicted octanol–water partition coefficient (Wildman–Crippen LogP) is 6.30. The first-order chi connectivity index (χ1) is 10.1. The van der Waals surface area contributed by atoms with Crippen LogP contribution in [0.15, 0.2) is 51.4 Å². The van der Waals surface area contributed by atoms with Gasteiger partial charge in [0.15, 0.2) is 0 Å². The molecule has 0 spiro atoms. The van der Waals surface area contributed by atoms with E-state index in [0.29, 0.717) is 20.1 Å². The lowest BCUT2D eigenvalue weighted by molar-refractivity contribution is 0.0739. The van der Waals surface area contributed by atoms with Crippen LogP contribution in [0.25, 0.3) is 10.1 Å². The van der Waals surface area contributed by atoms with Gasteiger partial charge < -0.3 is 4.74 Å². The fourth-order valence-electron chi connectivity index (χ4n) is 1.85. The van der Waals surface area contributed by atoms with Crippen molar-refractivity contribution < 1.29 is 9.53 Å². The van der Waals surface area contributed by atoms with Crippen LogP contribution in [0, 0.1) is 0 Å². The molecule has 3 aromatic rings. The van der Waals surface area contributed by atoms with E-state index < -0.39 is 5.97 Å². The van der Waals surface area contributed by atoms with Crippen molar-refractivity contribution in [2.24, 2.45) is 0 Å². The number of halogens is 3. The Morgan fingerprint density at radius 1 is 1.14 bits per heavy atom. The Morgan fingerprint density at radius 3 is 2.62 bits per heavy atom. The molecule has 21 heavy (non-hydrogen) atoms. The molecular formula is C15H7Br2ClO2S. The highest BCUT2D eigenvalue weighted by Gasteiger charge is 2.19. The average Bonchev–Trinajstić information content (AvgIpc) is 2.80. The monoisotopic (exact) mass is 444 g/mol. The van der Waals surface area contributed by atoms with E-state index in [4.69, 9.17) is 16.3 Å². The van der Waals surface area contributed by atoms with E-state index in [0.717, 1.165) is 14.6 Å². The molecule has 3 rings (SSSR count). The summed E-state index contributed by atoms with van der Waals surface area (Å²) in [6.45, 7) is 0. The molecule has 0 N–H and O–H groups in total. The van der Waals surface area contributed by atoms with Crippen molar-refractivity contribution in [3.8, 4) is 5.75 Å². The summed E-state index contributed by atoms with van der Waals surface area (Å²) in [4.78, 5) is 12.7. The summed E-state index contributed by atoms with van der Waals surface area (Å²) in [5.74, 6) is 0.000875. The number of carbonyl (C=O) groups is 1. The van der Waals surface area contributed by atoms with Crippen LogP contribution in [-0.2, 0) is 0 Å². The lowest BCUT2D eigenvalue weighted by atomic mass is 10.2. The minimum atomic E-state index is -0.454. The summed E-state index contributed by atoms with van der Waals surface area (Å²) in [6.07, 6.45) is 0. The van der Waals surface area contributed by atoms with Gasteiger partial charge in [0.1, 0.15) is 10.6 Å². The first-order valence-corrected chi connectivity index (χ1v) is 8.68. The van der Waals surface area contributed by atoms with Crippen LogP contribution < -0.4 is 4.74 Å². The molecule has 0 aliphatic heterocycles. The minimum Gasteiger partial charge on any atom is -0.421 e. The number of thiophene rings is 1. The third kappa shape index (κ3) is 3.01. The van der Waals surface area contributed by atoms with Crippen molar-refractivity contribution in [2.75, 3.05) is 0 Å². The highest BCUT2D eigenvalue weighted by Crippen LogP contribution is 2.36. The fourth-order valence-corrected chi connectivity index (χ4v) is 4.36. The van der Waals surface area contributed by atoms with Crippen molar-refractivity contribution in [1.82, 2.24) is 0 Å². The Hall–Kier alpha value is -0.880. The van der Waals surface area contributed by atoms with E-state index in [1.807, 2.05) is 30.3 Å². The molecule has 0 aliphatic carbocycles. The SMILES string of the molecule is O=C(Oc1ccc(Br)cc1Br)c1sc2ccccc2c1Cl. The molecule has 0 amide bonds. The van der Waals surface area contributed by atoms with Gasteiger partial charge in [0.05, 0.1) is 9.50 Å². The summed E-state index contributed by atoms with van der Waals surface area (Å²) >= 11 is 14.3. The van der Waals surface area contributed by atoms with Gasteiger partial charge in [-0.05, 0) is 40.2 Å². The van der Waals surface area contributed by atoms with Gasteiger partial charge in [-0.2, -0.15) is 0 Å². The largest absolute Gasteiger partial charge is 0.421 e. The van der Waals surface area contributed by atoms with Gasteiger partial charge in [0, 0.05) is 14.6 Å². The second-order valence-corrected chi connectivity index (χ2v) is 7.41. The molecule has 0 saturated heterocycles. The standard InChI is InChI=1S/C15H7Br2ClO2S/c16-8-5-6-11(10(17)7-8)20-15(19)14-13(18)9-3-1-2-4-12(9)21-14/h1-7H. The zero-order valence-corrected chi connectivity index (χ0v) is 15.1. The Morgan fingerprint density at radius 2 is 1.90 bits per heavy atom. The van der Waals surface area contributed by atoms with E-state index in [9.17, 15) is 4.79 Å². The van der Waals surface area contributed by atoms with Gasteiger partial charge in [-0.3, -0.25) is 0 Å². The smallest absolute Gasteiger partial charge is 0.355 e. The van der Waals surface area contributed by atoms with E-state index >= 15 is 0 Å². The second-order valence-electron chi connectivity index (χ2n) is 4.21. The first-order valence-electron chi connectivity index (χ1n) is 5.90. The number of esters is 1. The molecule has 0 unspecified atom stereocenters. The van der Waals surface area contributed by atoms with Gasteiger partial charge >= 0.3 is 5.97 Å². The van der Waals surface area contributed by atoms with Gasteiger partial charge in [0.25, 0.3) is 0 Å². The Balaban J connectivity index is 1.95. The molecule has 106 valence electrons. The summed E-state index contributed by atoms with van der Waals surface area (Å²) in [5, 5.41) is 1.31. The van der Waals surface area contributed by atoms with Crippen LogP contribution in [0.3, 0.4) is 0 Å². The molecule has 6 heteroatoms. The Bertz CT molecular complexity index is 845. The molecule has 0 aliphatic rings. The molecule has 0 bridgehead atoms. The predicted molar refractivity (Wildman–Crippen MR) is 93.6 cm³/mol. The number of fused-ring (bicyclic) bond motifs is 1. The number of carbonyl (C=O) groups excluding carboxylic acids is 1. The summed E-state index contributed by atoms with van der Waals surface area (Å²) in [6, 6.07) is 13.0. The highest BCUT2D eigenvalue weighted by atomic mass is 79.9. The maximum atomic E-state index is 12.3. The van der Waals surface area contributed by atoms with E-state index in [-0.39, 0.29) is 0 Å². The van der Waals surface area contributed by atoms with Crippen LogP contribution in [-0.4, -0.2) is 5.97 Å². The molecule has 2 aromatic carbocycles. The van der Waals surface area contributed by atoms with Gasteiger partial charge in [-0.1, -0.05) is 45.7 Å². The molecule has 0 radical (unpaired) electrons. The zero-order chi connectivity index (χ0) is 15.0. The van der Waals surface area contributed by atoms with Gasteiger partial charge in [-0.25, -0.2) is 4.79 Å². The highest BCUT2D eigenvalue weighted by molar-refractivity contribution is 9.11. The fraction of sp³-hybridized carbons (Fsp3) is 0. The molecular weight excluding hydrogens is 439 g/mol. The van der Waals surface area contributed by atoms with Crippen LogP contribution in [0.1, 0.15) is 9.67 Å². The minimum absolute atomic E-state index is 0.410. The molecule has 0 fully saturated rings. The third-order valence-corrected chi connectivity index (χ3v) is 5.59. The van der Waals surface area contributed by atoms with Gasteiger partial charge in [0.2, 0.25) is 0 Å². The number of rotatable bonds is 2. The van der Waals surface area contributed by atoms with Crippen LogP contribution in [0.4, 0.5) is 0 Å². The van der Waals surface area contributed by atoms with Crippen LogP contribution in [0.2, 0.25) is 5.02 Å². The summed E-state index contributed by atoms with van der Waals surface area (Å²) in [5.41, 5.74) is 0. The normalized spacial score (nSPS) is 10.8. The maximum absolute atomic E-state index is 12.3. The molecule has 1 heterocycles. The lowest BCUT2D eigenvalue weighted by Crippen LogP contribution is -2.07. The number of hydrogen-bond donors (Lipinski definition) is 0. The number of ether oxygens (including phenoxy) is 1. The lowest BCUT2D eigenvalue weighted by Gasteiger charge is -2.05. The quantitative estimate of drug-likeness (QED) is 0.341. The molecule has 2 nitrogen and oxygen atoms in total. The first kappa shape index (κ1) is 15.0. The van der Waals surface area contributed by atoms with Crippen LogP contribution in [0.5, 0.6) is 5.75 Å². The molecule has 1 aromatic heterocycles. The van der Waals surface area contributed by atoms with E-state index in [1.165, 1.54) is 11.3 Å². The third-order valence-electron chi connectivity index (χ3n) is 2.82. The average molecular weight is 447 g/mol. The second kappa shape index (κ2) is 6.08. The maximum Gasteiger partial charge on any atom is 0.355 e. The van der Waals surface area contributed by atoms with E-state index in [1.54, 1.807) is 12.1 Å². The van der Waals surface area contributed by atoms with Crippen molar-refractivity contribution >= 4 is 70.9 Å². The van der Waals surface area contributed by atoms with Crippen molar-refractivity contribution in [1.29, 1.82) is 0 Å². The molecule has 0 saturated carbocycles. The van der Waals surface area contributed by atoms with Gasteiger partial charge in [-0.15, -0.1) is 11.3 Å². The summed E-state index contributed by atoms with van der Waals surface area (Å²) in [7, 11) is 0. The topological polar surface area (TPSA) is 26.3 Å². The van der Waals surface area contributed by atoms with Crippen molar-refractivity contribution in [3.05, 3.63) is 61.3 Å². The van der Waals surface area contributed by atoms with Crippen LogP contribution >= 0.6 is 54.8 Å². The van der Waals surface area contributed by atoms with Crippen molar-refractivity contribution in [2.45, 2.75) is 0 Å². The zero-order valence-electron chi connectivity index (χ0n) is 10.4. The van der Waals surface area contributed by atoms with Crippen molar-refractivity contribution in [3.63, 3.8) is 0 Å². The molecule has 0 atom stereocenters. The van der Waals surface area contributed by atoms with E-state index in [2.05, 4.69) is 31.9 Å². The summed E-state index contributed by atoms with van der Waals surface area (Å²) < 4.78 is 7.97. The Kier molecular flexibility index (Phi) is 4.36. The Labute approximate surface area is 146 Å².